The number of methoxy groups -OCH3 is 1. The van der Waals surface area contributed by atoms with Crippen molar-refractivity contribution < 1.29 is 19.0 Å². The number of nitrogens with one attached hydrogen (secondary N) is 1. The first kappa shape index (κ1) is 19.6. The van der Waals surface area contributed by atoms with Crippen molar-refractivity contribution in [1.82, 2.24) is 5.32 Å². The van der Waals surface area contributed by atoms with Crippen LogP contribution in [0.2, 0.25) is 0 Å². The highest BCUT2D eigenvalue weighted by molar-refractivity contribution is 5.94. The quantitative estimate of drug-likeness (QED) is 0.740. The number of rotatable bonds is 9. The molecule has 0 saturated carbocycles. The Labute approximate surface area is 155 Å². The van der Waals surface area contributed by atoms with E-state index >= 15 is 0 Å². The molecule has 5 heteroatoms. The van der Waals surface area contributed by atoms with Gasteiger partial charge in [0.15, 0.2) is 11.5 Å². The molecule has 0 spiro atoms. The Morgan fingerprint density at radius 3 is 2.42 bits per heavy atom. The van der Waals surface area contributed by atoms with Crippen LogP contribution in [0.1, 0.15) is 36.7 Å². The van der Waals surface area contributed by atoms with Crippen LogP contribution in [0.4, 0.5) is 0 Å². The zero-order valence-corrected chi connectivity index (χ0v) is 15.9. The van der Waals surface area contributed by atoms with Crippen LogP contribution in [0.25, 0.3) is 0 Å². The van der Waals surface area contributed by atoms with Gasteiger partial charge in [-0.2, -0.15) is 0 Å². The molecular formula is C21H27NO4. The first-order valence-electron chi connectivity index (χ1n) is 8.88. The average molecular weight is 357 g/mol. The van der Waals surface area contributed by atoms with Gasteiger partial charge >= 0.3 is 0 Å². The average Bonchev–Trinajstić information content (AvgIpc) is 2.63. The number of amides is 1. The summed E-state index contributed by atoms with van der Waals surface area (Å²) in [7, 11) is 1.58. The summed E-state index contributed by atoms with van der Waals surface area (Å²) in [5, 5.41) is 2.93. The van der Waals surface area contributed by atoms with Crippen molar-refractivity contribution in [3.63, 3.8) is 0 Å². The van der Waals surface area contributed by atoms with Crippen molar-refractivity contribution in [2.75, 3.05) is 20.3 Å². The molecule has 5 nitrogen and oxygen atoms in total. The highest BCUT2D eigenvalue weighted by Gasteiger charge is 2.11. The fourth-order valence-corrected chi connectivity index (χ4v) is 2.52. The molecule has 0 radical (unpaired) electrons. The molecule has 2 rings (SSSR count). The minimum absolute atomic E-state index is 0.131. The molecule has 0 unspecified atom stereocenters. The van der Waals surface area contributed by atoms with Crippen LogP contribution in [-0.2, 0) is 6.42 Å². The van der Waals surface area contributed by atoms with E-state index in [1.54, 1.807) is 25.3 Å². The van der Waals surface area contributed by atoms with E-state index in [1.165, 1.54) is 0 Å². The molecule has 0 aliphatic rings. The van der Waals surface area contributed by atoms with E-state index in [9.17, 15) is 4.79 Å². The number of ether oxygens (including phenoxy) is 3. The lowest BCUT2D eigenvalue weighted by Gasteiger charge is -2.12. The van der Waals surface area contributed by atoms with Gasteiger partial charge in [0, 0.05) is 12.1 Å². The second kappa shape index (κ2) is 9.70. The van der Waals surface area contributed by atoms with E-state index in [0.29, 0.717) is 30.2 Å². The van der Waals surface area contributed by atoms with Gasteiger partial charge in [-0.1, -0.05) is 12.1 Å². The Balaban J connectivity index is 1.89. The Hall–Kier alpha value is -2.69. The Morgan fingerprint density at radius 1 is 1.08 bits per heavy atom. The molecule has 0 aliphatic heterocycles. The minimum Gasteiger partial charge on any atom is -0.493 e. The van der Waals surface area contributed by atoms with Gasteiger partial charge in [0.05, 0.1) is 19.8 Å². The molecule has 1 amide bonds. The van der Waals surface area contributed by atoms with Crippen molar-refractivity contribution >= 4 is 5.91 Å². The zero-order chi connectivity index (χ0) is 18.9. The predicted molar refractivity (Wildman–Crippen MR) is 102 cm³/mol. The zero-order valence-electron chi connectivity index (χ0n) is 15.9. The summed E-state index contributed by atoms with van der Waals surface area (Å²) in [6.45, 7) is 6.96. The molecule has 0 aromatic heterocycles. The van der Waals surface area contributed by atoms with Crippen LogP contribution in [0.5, 0.6) is 17.2 Å². The summed E-state index contributed by atoms with van der Waals surface area (Å²) in [4.78, 5) is 12.3. The molecule has 1 N–H and O–H groups in total. The van der Waals surface area contributed by atoms with E-state index in [2.05, 4.69) is 5.32 Å². The van der Waals surface area contributed by atoms with Crippen LogP contribution in [0.15, 0.2) is 42.5 Å². The van der Waals surface area contributed by atoms with Crippen LogP contribution < -0.4 is 19.5 Å². The molecule has 2 aromatic carbocycles. The molecule has 0 heterocycles. The summed E-state index contributed by atoms with van der Waals surface area (Å²) < 4.78 is 16.4. The Kier molecular flexibility index (Phi) is 7.33. The SMILES string of the molecule is CCOc1cc(C(=O)NCCc2ccc(OC(C)C)cc2)ccc1OC. The van der Waals surface area contributed by atoms with Gasteiger partial charge < -0.3 is 19.5 Å². The number of carbonyl (C=O) groups is 1. The first-order valence-corrected chi connectivity index (χ1v) is 8.88. The van der Waals surface area contributed by atoms with E-state index < -0.39 is 0 Å². The number of hydrogen-bond acceptors (Lipinski definition) is 4. The molecule has 2 aromatic rings. The summed E-state index contributed by atoms with van der Waals surface area (Å²) in [6.07, 6.45) is 0.911. The largest absolute Gasteiger partial charge is 0.493 e. The third-order valence-corrected chi connectivity index (χ3v) is 3.72. The topological polar surface area (TPSA) is 56.8 Å². The summed E-state index contributed by atoms with van der Waals surface area (Å²) >= 11 is 0. The highest BCUT2D eigenvalue weighted by atomic mass is 16.5. The smallest absolute Gasteiger partial charge is 0.251 e. The van der Waals surface area contributed by atoms with Gasteiger partial charge in [0.1, 0.15) is 5.75 Å². The Morgan fingerprint density at radius 2 is 1.81 bits per heavy atom. The second-order valence-corrected chi connectivity index (χ2v) is 6.12. The Bertz CT molecular complexity index is 710. The minimum atomic E-state index is -0.131. The van der Waals surface area contributed by atoms with E-state index in [-0.39, 0.29) is 12.0 Å². The van der Waals surface area contributed by atoms with Gasteiger partial charge in [-0.15, -0.1) is 0 Å². The predicted octanol–water partition coefficient (Wildman–Crippen LogP) is 3.85. The van der Waals surface area contributed by atoms with E-state index in [1.807, 2.05) is 45.0 Å². The van der Waals surface area contributed by atoms with Crippen molar-refractivity contribution in [2.45, 2.75) is 33.3 Å². The van der Waals surface area contributed by atoms with Gasteiger partial charge in [0.25, 0.3) is 5.91 Å². The normalized spacial score (nSPS) is 10.5. The second-order valence-electron chi connectivity index (χ2n) is 6.12. The summed E-state index contributed by atoms with van der Waals surface area (Å²) in [6, 6.07) is 13.1. The maximum absolute atomic E-state index is 12.3. The maximum atomic E-state index is 12.3. The molecule has 0 bridgehead atoms. The van der Waals surface area contributed by atoms with Crippen molar-refractivity contribution in [2.24, 2.45) is 0 Å². The molecule has 26 heavy (non-hydrogen) atoms. The van der Waals surface area contributed by atoms with Crippen molar-refractivity contribution in [3.05, 3.63) is 53.6 Å². The summed E-state index contributed by atoms with van der Waals surface area (Å²) in [5.41, 5.74) is 1.70. The lowest BCUT2D eigenvalue weighted by molar-refractivity contribution is 0.0953. The van der Waals surface area contributed by atoms with Gasteiger partial charge in [-0.05, 0) is 63.1 Å². The van der Waals surface area contributed by atoms with E-state index in [0.717, 1.165) is 17.7 Å². The van der Waals surface area contributed by atoms with Crippen LogP contribution in [-0.4, -0.2) is 32.3 Å². The fourth-order valence-electron chi connectivity index (χ4n) is 2.52. The summed E-state index contributed by atoms with van der Waals surface area (Å²) in [5.74, 6) is 1.92. The maximum Gasteiger partial charge on any atom is 0.251 e. The van der Waals surface area contributed by atoms with E-state index in [4.69, 9.17) is 14.2 Å². The third kappa shape index (κ3) is 5.69. The molecule has 0 fully saturated rings. The van der Waals surface area contributed by atoms with Crippen LogP contribution in [0.3, 0.4) is 0 Å². The standard InChI is InChI=1S/C21H27NO4/c1-5-25-20-14-17(8-11-19(20)24-4)21(23)22-13-12-16-6-9-18(10-7-16)26-15(2)3/h6-11,14-15H,5,12-13H2,1-4H3,(H,22,23). The van der Waals surface area contributed by atoms with Crippen molar-refractivity contribution in [1.29, 1.82) is 0 Å². The molecular weight excluding hydrogens is 330 g/mol. The van der Waals surface area contributed by atoms with Crippen molar-refractivity contribution in [3.8, 4) is 17.2 Å². The fraction of sp³-hybridized carbons (Fsp3) is 0.381. The van der Waals surface area contributed by atoms with Gasteiger partial charge in [-0.3, -0.25) is 4.79 Å². The lowest BCUT2D eigenvalue weighted by Crippen LogP contribution is -2.25. The monoisotopic (exact) mass is 357 g/mol. The first-order chi connectivity index (χ1) is 12.5. The molecule has 0 aliphatic carbocycles. The molecule has 0 atom stereocenters. The number of carbonyl (C=O) groups excluding carboxylic acids is 1. The molecule has 140 valence electrons. The van der Waals surface area contributed by atoms with Crippen LogP contribution >= 0.6 is 0 Å². The highest BCUT2D eigenvalue weighted by Crippen LogP contribution is 2.28. The van der Waals surface area contributed by atoms with Gasteiger partial charge in [-0.25, -0.2) is 0 Å². The molecule has 0 saturated heterocycles. The van der Waals surface area contributed by atoms with Gasteiger partial charge in [0.2, 0.25) is 0 Å². The lowest BCUT2D eigenvalue weighted by atomic mass is 10.1. The number of hydrogen-bond donors (Lipinski definition) is 1. The number of benzene rings is 2. The van der Waals surface area contributed by atoms with Crippen LogP contribution in [0, 0.1) is 0 Å². The third-order valence-electron chi connectivity index (χ3n) is 3.72.